The molecule has 4 heterocycles. The summed E-state index contributed by atoms with van der Waals surface area (Å²) in [6.45, 7) is 5.43. The number of halogens is 1. The lowest BCUT2D eigenvalue weighted by atomic mass is 9.96. The van der Waals surface area contributed by atoms with Gasteiger partial charge in [-0.05, 0) is 74.4 Å². The van der Waals surface area contributed by atoms with Gasteiger partial charge in [0, 0.05) is 67.5 Å². The van der Waals surface area contributed by atoms with Crippen LogP contribution < -0.4 is 26.6 Å². The largest absolute Gasteiger partial charge is 0.481 e. The van der Waals surface area contributed by atoms with Crippen molar-refractivity contribution in [1.29, 1.82) is 0 Å². The average Bonchev–Trinajstić information content (AvgIpc) is 3.49. The summed E-state index contributed by atoms with van der Waals surface area (Å²) in [6, 6.07) is 16.4. The first-order valence-electron chi connectivity index (χ1n) is 16.3. The summed E-state index contributed by atoms with van der Waals surface area (Å²) < 4.78 is 14.0. The molecule has 1 fully saturated rings. The van der Waals surface area contributed by atoms with Gasteiger partial charge in [0.15, 0.2) is 0 Å². The van der Waals surface area contributed by atoms with Crippen LogP contribution in [-0.4, -0.2) is 45.5 Å². The van der Waals surface area contributed by atoms with E-state index in [0.717, 1.165) is 82.7 Å². The fourth-order valence-corrected chi connectivity index (χ4v) is 7.47. The molecule has 0 spiro atoms. The summed E-state index contributed by atoms with van der Waals surface area (Å²) in [4.78, 5) is 35.6. The highest BCUT2D eigenvalue weighted by Gasteiger charge is 2.31. The van der Waals surface area contributed by atoms with Gasteiger partial charge in [-0.25, -0.2) is 14.8 Å². The molecule has 0 bridgehead atoms. The Morgan fingerprint density at radius 1 is 0.938 bits per heavy atom. The summed E-state index contributed by atoms with van der Waals surface area (Å²) in [5.74, 6) is 1.02. The molecule has 2 aromatic carbocycles. The van der Waals surface area contributed by atoms with Crippen LogP contribution in [0.5, 0.6) is 5.88 Å². The molecule has 0 amide bonds. The number of ether oxygens (including phenoxy) is 2. The maximum Gasteiger partial charge on any atom is 0.330 e. The monoisotopic (exact) mass is 666 g/mol. The first-order valence-corrected chi connectivity index (χ1v) is 16.7. The summed E-state index contributed by atoms with van der Waals surface area (Å²) in [7, 11) is 4.81. The molecule has 1 atom stereocenters. The highest BCUT2D eigenvalue weighted by Crippen LogP contribution is 2.43. The van der Waals surface area contributed by atoms with Gasteiger partial charge in [0.2, 0.25) is 5.88 Å². The average molecular weight is 667 g/mol. The molecule has 0 unspecified atom stereocenters. The van der Waals surface area contributed by atoms with E-state index >= 15 is 0 Å². The molecule has 0 radical (unpaired) electrons. The van der Waals surface area contributed by atoms with Gasteiger partial charge in [0.1, 0.15) is 11.2 Å². The Bertz CT molecular complexity index is 2190. The van der Waals surface area contributed by atoms with Crippen LogP contribution in [0.4, 0.5) is 11.5 Å². The minimum atomic E-state index is -0.407. The molecule has 7 rings (SSSR count). The van der Waals surface area contributed by atoms with Crippen LogP contribution in [0.2, 0.25) is 5.02 Å². The normalized spacial score (nSPS) is 16.3. The molecule has 1 saturated heterocycles. The quantitative estimate of drug-likeness (QED) is 0.213. The van der Waals surface area contributed by atoms with E-state index in [-0.39, 0.29) is 6.04 Å². The Kier molecular flexibility index (Phi) is 8.57. The highest BCUT2D eigenvalue weighted by atomic mass is 35.5. The number of benzene rings is 2. The summed E-state index contributed by atoms with van der Waals surface area (Å²) in [6.07, 6.45) is 3.95. The van der Waals surface area contributed by atoms with Gasteiger partial charge in [-0.15, -0.1) is 0 Å². The molecule has 11 heteroatoms. The molecule has 2 aliphatic rings. The molecule has 10 nitrogen and oxygen atoms in total. The first kappa shape index (κ1) is 32.1. The lowest BCUT2D eigenvalue weighted by Gasteiger charge is -2.27. The zero-order chi connectivity index (χ0) is 33.7. The topological polar surface area (TPSA) is 112 Å². The number of rotatable bonds is 7. The van der Waals surface area contributed by atoms with Gasteiger partial charge in [-0.3, -0.25) is 13.9 Å². The van der Waals surface area contributed by atoms with Gasteiger partial charge in [0.25, 0.3) is 5.56 Å². The second-order valence-corrected chi connectivity index (χ2v) is 13.1. The molecular formula is C37H39ClN6O4. The summed E-state index contributed by atoms with van der Waals surface area (Å²) in [5, 5.41) is 8.16. The number of aromatic nitrogens is 4. The van der Waals surface area contributed by atoms with Gasteiger partial charge >= 0.3 is 5.69 Å². The number of methoxy groups -OCH3 is 1. The predicted molar refractivity (Wildman–Crippen MR) is 190 cm³/mol. The molecule has 3 aromatic heterocycles. The third kappa shape index (κ3) is 5.57. The second kappa shape index (κ2) is 12.8. The predicted octanol–water partition coefficient (Wildman–Crippen LogP) is 6.14. The number of anilines is 2. The summed E-state index contributed by atoms with van der Waals surface area (Å²) in [5.41, 5.74) is 7.85. The molecule has 2 N–H and O–H groups in total. The maximum atomic E-state index is 13.3. The Hall–Kier alpha value is -4.51. The van der Waals surface area contributed by atoms with Crippen molar-refractivity contribution in [3.05, 3.63) is 96.8 Å². The van der Waals surface area contributed by atoms with Crippen LogP contribution >= 0.6 is 11.6 Å². The van der Waals surface area contributed by atoms with E-state index in [9.17, 15) is 9.59 Å². The van der Waals surface area contributed by atoms with Crippen LogP contribution in [0.3, 0.4) is 0 Å². The third-order valence-corrected chi connectivity index (χ3v) is 10.2. The smallest absolute Gasteiger partial charge is 0.330 e. The maximum absolute atomic E-state index is 13.3. The fourth-order valence-electron chi connectivity index (χ4n) is 7.15. The van der Waals surface area contributed by atoms with Crippen molar-refractivity contribution in [3.63, 3.8) is 0 Å². The minimum absolute atomic E-state index is 0.198. The van der Waals surface area contributed by atoms with Gasteiger partial charge < -0.3 is 20.1 Å². The van der Waals surface area contributed by atoms with Crippen LogP contribution in [0.1, 0.15) is 47.7 Å². The fraction of sp³-hybridized carbons (Fsp3) is 0.351. The van der Waals surface area contributed by atoms with E-state index in [1.54, 1.807) is 20.2 Å². The lowest BCUT2D eigenvalue weighted by molar-refractivity contribution is 0.0748. The Morgan fingerprint density at radius 3 is 2.44 bits per heavy atom. The Balaban J connectivity index is 1.25. The van der Waals surface area contributed by atoms with E-state index in [0.29, 0.717) is 39.4 Å². The number of nitrogens with zero attached hydrogens (tertiary/aromatic N) is 4. The molecule has 1 aliphatic heterocycles. The van der Waals surface area contributed by atoms with E-state index in [4.69, 9.17) is 26.1 Å². The van der Waals surface area contributed by atoms with Crippen LogP contribution in [0, 0.1) is 13.8 Å². The van der Waals surface area contributed by atoms with E-state index in [2.05, 4.69) is 21.7 Å². The number of pyridine rings is 2. The van der Waals surface area contributed by atoms with Gasteiger partial charge in [-0.1, -0.05) is 41.9 Å². The number of fused-ring (bicyclic) bond motifs is 2. The number of hydrogen-bond donors (Lipinski definition) is 2. The first-order chi connectivity index (χ1) is 23.2. The molecule has 48 heavy (non-hydrogen) atoms. The second-order valence-electron chi connectivity index (χ2n) is 12.7. The van der Waals surface area contributed by atoms with Crippen molar-refractivity contribution in [2.45, 2.75) is 51.6 Å². The van der Waals surface area contributed by atoms with Crippen molar-refractivity contribution < 1.29 is 9.47 Å². The van der Waals surface area contributed by atoms with Crippen molar-refractivity contribution in [1.82, 2.24) is 24.4 Å². The van der Waals surface area contributed by atoms with Crippen molar-refractivity contribution in [3.8, 4) is 28.3 Å². The van der Waals surface area contributed by atoms with E-state index < -0.39 is 11.2 Å². The van der Waals surface area contributed by atoms with Gasteiger partial charge in [-0.2, -0.15) is 0 Å². The van der Waals surface area contributed by atoms with Gasteiger partial charge in [0.05, 0.1) is 23.3 Å². The van der Waals surface area contributed by atoms with E-state index in [1.807, 2.05) is 50.2 Å². The van der Waals surface area contributed by atoms with Crippen LogP contribution in [-0.2, 0) is 25.3 Å². The Labute approximate surface area is 283 Å². The minimum Gasteiger partial charge on any atom is -0.481 e. The lowest BCUT2D eigenvalue weighted by Crippen LogP contribution is -2.37. The highest BCUT2D eigenvalue weighted by molar-refractivity contribution is 6.36. The summed E-state index contributed by atoms with van der Waals surface area (Å²) >= 11 is 7.22. The molecule has 0 saturated carbocycles. The van der Waals surface area contributed by atoms with Crippen molar-refractivity contribution >= 4 is 34.0 Å². The van der Waals surface area contributed by atoms with Crippen LogP contribution in [0.25, 0.3) is 33.3 Å². The standard InChI is InChI=1S/C37H39ClN6O4/c1-20-18-30-32(36(45)44(4)37(46)43(30)3)34(39-20)41-27-11-7-8-24(21(27)2)25-9-6-10-26(33(25)38)29-19-22-12-13-28(31(22)35(42-29)47-5)40-23-14-16-48-17-15-23/h6-11,18-19,23,28,40H,12-17H2,1-5H3,(H,39,41)/t28-/m0/s1. The molecular weight excluding hydrogens is 628 g/mol. The van der Waals surface area contributed by atoms with Crippen molar-refractivity contribution in [2.75, 3.05) is 25.6 Å². The molecule has 248 valence electrons. The number of nitrogens with one attached hydrogen (secondary N) is 2. The zero-order valence-corrected chi connectivity index (χ0v) is 28.6. The third-order valence-electron chi connectivity index (χ3n) is 9.74. The SMILES string of the molecule is COc1nc(-c2cccc(-c3cccc(Nc4nc(C)cc5c4c(=O)n(C)c(=O)n5C)c3C)c2Cl)cc2c1[C@@H](NC1CCOCC1)CC2. The van der Waals surface area contributed by atoms with E-state index in [1.165, 1.54) is 17.2 Å². The molecule has 5 aromatic rings. The number of hydrogen-bond acceptors (Lipinski definition) is 8. The van der Waals surface area contributed by atoms with Crippen molar-refractivity contribution in [2.24, 2.45) is 14.1 Å². The van der Waals surface area contributed by atoms with Crippen LogP contribution in [0.15, 0.2) is 58.1 Å². The zero-order valence-electron chi connectivity index (χ0n) is 27.8. The number of aryl methyl sites for hydroxylation is 3. The Morgan fingerprint density at radius 2 is 1.67 bits per heavy atom. The molecule has 1 aliphatic carbocycles.